The predicted molar refractivity (Wildman–Crippen MR) is 110 cm³/mol. The molecule has 28 heavy (non-hydrogen) atoms. The lowest BCUT2D eigenvalue weighted by Crippen LogP contribution is -2.20. The summed E-state index contributed by atoms with van der Waals surface area (Å²) in [5, 5.41) is 10.2. The van der Waals surface area contributed by atoms with Gasteiger partial charge in [-0.25, -0.2) is 0 Å². The zero-order chi connectivity index (χ0) is 19.7. The van der Waals surface area contributed by atoms with Gasteiger partial charge in [-0.05, 0) is 53.8 Å². The van der Waals surface area contributed by atoms with Crippen LogP contribution in [0.5, 0.6) is 5.75 Å². The van der Waals surface area contributed by atoms with E-state index in [2.05, 4.69) is 6.92 Å². The molecule has 0 atom stereocenters. The summed E-state index contributed by atoms with van der Waals surface area (Å²) < 4.78 is 0. The molecule has 0 amide bonds. The number of carbonyl (C=O) groups excluding carboxylic acids is 2. The van der Waals surface area contributed by atoms with Gasteiger partial charge < -0.3 is 5.11 Å². The van der Waals surface area contributed by atoms with Gasteiger partial charge in [0.2, 0.25) is 0 Å². The van der Waals surface area contributed by atoms with E-state index in [0.29, 0.717) is 28.0 Å². The molecule has 140 valence electrons. The first-order chi connectivity index (χ1) is 13.6. The molecule has 1 N–H and O–H groups in total. The van der Waals surface area contributed by atoms with Gasteiger partial charge in [-0.15, -0.1) is 0 Å². The molecule has 0 heterocycles. The van der Waals surface area contributed by atoms with Crippen molar-refractivity contribution in [2.24, 2.45) is 0 Å². The lowest BCUT2D eigenvalue weighted by molar-refractivity contribution is 0.0979. The molecule has 3 nitrogen and oxygen atoms in total. The fourth-order valence-corrected chi connectivity index (χ4v) is 3.81. The summed E-state index contributed by atoms with van der Waals surface area (Å²) >= 11 is 0. The van der Waals surface area contributed by atoms with Gasteiger partial charge in [0, 0.05) is 22.3 Å². The van der Waals surface area contributed by atoms with E-state index in [1.165, 1.54) is 0 Å². The molecular formula is C25H22O3. The number of benzene rings is 3. The number of phenols is 1. The number of carbonyl (C=O) groups is 2. The molecule has 3 aromatic rings. The van der Waals surface area contributed by atoms with Crippen molar-refractivity contribution in [2.75, 3.05) is 0 Å². The Morgan fingerprint density at radius 3 is 2.04 bits per heavy atom. The minimum atomic E-state index is -0.117. The Hall–Kier alpha value is -3.20. The van der Waals surface area contributed by atoms with E-state index in [9.17, 15) is 14.7 Å². The molecule has 0 saturated carbocycles. The maximum Gasteiger partial charge on any atom is 0.194 e. The average molecular weight is 370 g/mol. The molecule has 3 heteroatoms. The molecule has 0 saturated heterocycles. The molecule has 1 aliphatic rings. The Labute approximate surface area is 164 Å². The zero-order valence-corrected chi connectivity index (χ0v) is 15.9. The van der Waals surface area contributed by atoms with E-state index in [-0.39, 0.29) is 11.6 Å². The summed E-state index contributed by atoms with van der Waals surface area (Å²) in [5.41, 5.74) is 4.55. The van der Waals surface area contributed by atoms with Crippen LogP contribution in [0.1, 0.15) is 63.6 Å². The first kappa shape index (κ1) is 18.2. The van der Waals surface area contributed by atoms with Crippen molar-refractivity contribution in [3.8, 4) is 16.9 Å². The fraction of sp³-hybridized carbons (Fsp3) is 0.200. The minimum absolute atomic E-state index is 0.109. The van der Waals surface area contributed by atoms with Crippen LogP contribution in [-0.2, 0) is 6.42 Å². The second kappa shape index (κ2) is 7.43. The number of rotatable bonds is 5. The van der Waals surface area contributed by atoms with Crippen LogP contribution in [-0.4, -0.2) is 16.7 Å². The van der Waals surface area contributed by atoms with Crippen molar-refractivity contribution in [2.45, 2.75) is 32.6 Å². The van der Waals surface area contributed by atoms with Gasteiger partial charge in [0.1, 0.15) is 5.75 Å². The van der Waals surface area contributed by atoms with E-state index in [1.54, 1.807) is 42.5 Å². The Kier molecular flexibility index (Phi) is 4.82. The quantitative estimate of drug-likeness (QED) is 0.467. The van der Waals surface area contributed by atoms with E-state index in [4.69, 9.17) is 0 Å². The van der Waals surface area contributed by atoms with Gasteiger partial charge in [-0.1, -0.05) is 56.2 Å². The van der Waals surface area contributed by atoms with Crippen molar-refractivity contribution in [1.82, 2.24) is 0 Å². The zero-order valence-electron chi connectivity index (χ0n) is 15.9. The highest BCUT2D eigenvalue weighted by Crippen LogP contribution is 2.32. The third kappa shape index (κ3) is 3.13. The average Bonchev–Trinajstić information content (AvgIpc) is 2.73. The number of hydrogen-bond acceptors (Lipinski definition) is 3. The normalized spacial score (nSPS) is 12.6. The van der Waals surface area contributed by atoms with Gasteiger partial charge in [0.05, 0.1) is 0 Å². The van der Waals surface area contributed by atoms with Crippen LogP contribution in [0, 0.1) is 0 Å². The SMILES string of the molecule is CCCCCc1cc(-c2ccc3c(c2)C(=O)c2ccccc2C3=O)ccc1O. The predicted octanol–water partition coefficient (Wildman–Crippen LogP) is 5.57. The third-order valence-corrected chi connectivity index (χ3v) is 5.39. The number of aromatic hydroxyl groups is 1. The van der Waals surface area contributed by atoms with Gasteiger partial charge in [0.25, 0.3) is 0 Å². The summed E-state index contributed by atoms with van der Waals surface area (Å²) in [4.78, 5) is 25.7. The van der Waals surface area contributed by atoms with Crippen molar-refractivity contribution in [3.63, 3.8) is 0 Å². The highest BCUT2D eigenvalue weighted by molar-refractivity contribution is 6.28. The number of phenolic OH excluding ortho intramolecular Hbond substituents is 1. The second-order valence-electron chi connectivity index (χ2n) is 7.26. The molecule has 0 fully saturated rings. The molecule has 3 aromatic carbocycles. The minimum Gasteiger partial charge on any atom is -0.508 e. The maximum atomic E-state index is 12.9. The first-order valence-electron chi connectivity index (χ1n) is 9.75. The smallest absolute Gasteiger partial charge is 0.194 e. The van der Waals surface area contributed by atoms with E-state index < -0.39 is 0 Å². The largest absolute Gasteiger partial charge is 0.508 e. The molecule has 0 spiro atoms. The van der Waals surface area contributed by atoms with Gasteiger partial charge in [0.15, 0.2) is 11.6 Å². The van der Waals surface area contributed by atoms with Crippen LogP contribution in [0.3, 0.4) is 0 Å². The molecule has 0 radical (unpaired) electrons. The van der Waals surface area contributed by atoms with Gasteiger partial charge in [-0.2, -0.15) is 0 Å². The topological polar surface area (TPSA) is 54.4 Å². The number of fused-ring (bicyclic) bond motifs is 2. The fourth-order valence-electron chi connectivity index (χ4n) is 3.81. The van der Waals surface area contributed by atoms with Crippen molar-refractivity contribution in [3.05, 3.63) is 88.5 Å². The number of aryl methyl sites for hydroxylation is 1. The van der Waals surface area contributed by atoms with Crippen LogP contribution in [0.15, 0.2) is 60.7 Å². The van der Waals surface area contributed by atoms with E-state index >= 15 is 0 Å². The monoisotopic (exact) mass is 370 g/mol. The molecule has 0 aliphatic heterocycles. The lowest BCUT2D eigenvalue weighted by atomic mass is 9.82. The Bertz CT molecular complexity index is 1080. The summed E-state index contributed by atoms with van der Waals surface area (Å²) in [6, 6.07) is 17.9. The number of hydrogen-bond donors (Lipinski definition) is 1. The number of ketones is 2. The summed E-state index contributed by atoms with van der Waals surface area (Å²) in [6.45, 7) is 2.15. The van der Waals surface area contributed by atoms with Gasteiger partial charge in [-0.3, -0.25) is 9.59 Å². The lowest BCUT2D eigenvalue weighted by Gasteiger charge is -2.18. The molecule has 0 unspecified atom stereocenters. The van der Waals surface area contributed by atoms with Crippen LogP contribution >= 0.6 is 0 Å². The Morgan fingerprint density at radius 1 is 0.714 bits per heavy atom. The van der Waals surface area contributed by atoms with Crippen LogP contribution < -0.4 is 0 Å². The molecule has 4 rings (SSSR count). The number of unbranched alkanes of at least 4 members (excludes halogenated alkanes) is 2. The van der Waals surface area contributed by atoms with Crippen LogP contribution in [0.4, 0.5) is 0 Å². The Morgan fingerprint density at radius 2 is 1.32 bits per heavy atom. The molecule has 1 aliphatic carbocycles. The summed E-state index contributed by atoms with van der Waals surface area (Å²) in [5.74, 6) is 0.0784. The highest BCUT2D eigenvalue weighted by atomic mass is 16.3. The summed E-state index contributed by atoms with van der Waals surface area (Å²) in [6.07, 6.45) is 4.10. The van der Waals surface area contributed by atoms with Crippen molar-refractivity contribution < 1.29 is 14.7 Å². The second-order valence-corrected chi connectivity index (χ2v) is 7.26. The molecule has 0 bridgehead atoms. The van der Waals surface area contributed by atoms with Gasteiger partial charge >= 0.3 is 0 Å². The van der Waals surface area contributed by atoms with Crippen LogP contribution in [0.25, 0.3) is 11.1 Å². The Balaban J connectivity index is 1.73. The highest BCUT2D eigenvalue weighted by Gasteiger charge is 2.29. The van der Waals surface area contributed by atoms with E-state index in [0.717, 1.165) is 42.4 Å². The maximum absolute atomic E-state index is 12.9. The third-order valence-electron chi connectivity index (χ3n) is 5.39. The van der Waals surface area contributed by atoms with E-state index in [1.807, 2.05) is 18.2 Å². The standard InChI is InChI=1S/C25H22O3/c1-2-3-4-7-18-14-16(11-13-23(18)26)17-10-12-21-22(15-17)25(28)20-9-6-5-8-19(20)24(21)27/h5-6,8-15,26H,2-4,7H2,1H3. The van der Waals surface area contributed by atoms with Crippen molar-refractivity contribution in [1.29, 1.82) is 0 Å². The van der Waals surface area contributed by atoms with Crippen molar-refractivity contribution >= 4 is 11.6 Å². The molecule has 0 aromatic heterocycles. The summed E-state index contributed by atoms with van der Waals surface area (Å²) in [7, 11) is 0. The first-order valence-corrected chi connectivity index (χ1v) is 9.75. The molecular weight excluding hydrogens is 348 g/mol. The van der Waals surface area contributed by atoms with Crippen LogP contribution in [0.2, 0.25) is 0 Å².